The summed E-state index contributed by atoms with van der Waals surface area (Å²) in [5, 5.41) is 0.978. The van der Waals surface area contributed by atoms with Gasteiger partial charge in [0, 0.05) is 17.0 Å². The van der Waals surface area contributed by atoms with Gasteiger partial charge in [0.25, 0.3) is 0 Å². The lowest BCUT2D eigenvalue weighted by molar-refractivity contribution is 0.0973. The summed E-state index contributed by atoms with van der Waals surface area (Å²) >= 11 is 11.8. The van der Waals surface area contributed by atoms with Crippen molar-refractivity contribution in [2.75, 3.05) is 6.61 Å². The van der Waals surface area contributed by atoms with Gasteiger partial charge >= 0.3 is 0 Å². The van der Waals surface area contributed by atoms with Crippen molar-refractivity contribution in [1.29, 1.82) is 0 Å². The van der Waals surface area contributed by atoms with Gasteiger partial charge in [0.15, 0.2) is 5.78 Å². The van der Waals surface area contributed by atoms with Crippen LogP contribution in [0.3, 0.4) is 0 Å². The van der Waals surface area contributed by atoms with E-state index in [4.69, 9.17) is 27.9 Å². The van der Waals surface area contributed by atoms with E-state index in [0.717, 1.165) is 0 Å². The Bertz CT molecular complexity index is 627. The Labute approximate surface area is 132 Å². The van der Waals surface area contributed by atoms with Crippen LogP contribution in [0.25, 0.3) is 0 Å². The number of hydrogen-bond acceptors (Lipinski definition) is 2. The molecule has 2 nitrogen and oxygen atoms in total. The maximum Gasteiger partial charge on any atom is 0.163 e. The van der Waals surface area contributed by atoms with E-state index in [-0.39, 0.29) is 11.6 Å². The van der Waals surface area contributed by atoms with Crippen molar-refractivity contribution in [3.63, 3.8) is 0 Å². The Balaban J connectivity index is 1.79. The van der Waals surface area contributed by atoms with E-state index in [0.29, 0.717) is 40.8 Å². The molecule has 2 rings (SSSR count). The first-order chi connectivity index (χ1) is 10.1. The van der Waals surface area contributed by atoms with Gasteiger partial charge in [-0.25, -0.2) is 4.39 Å². The fourth-order valence-corrected chi connectivity index (χ4v) is 2.25. The third kappa shape index (κ3) is 4.73. The molecule has 0 saturated carbocycles. The van der Waals surface area contributed by atoms with Gasteiger partial charge in [-0.05, 0) is 48.9 Å². The molecule has 0 radical (unpaired) electrons. The van der Waals surface area contributed by atoms with Gasteiger partial charge < -0.3 is 4.74 Å². The lowest BCUT2D eigenvalue weighted by Gasteiger charge is -2.08. The lowest BCUT2D eigenvalue weighted by atomic mass is 10.1. The summed E-state index contributed by atoms with van der Waals surface area (Å²) in [7, 11) is 0. The first-order valence-corrected chi connectivity index (χ1v) is 7.18. The smallest absolute Gasteiger partial charge is 0.163 e. The summed E-state index contributed by atoms with van der Waals surface area (Å²) in [6.07, 6.45) is 0.881. The zero-order chi connectivity index (χ0) is 15.2. The SMILES string of the molecule is O=C(CCCOc1ccc(Cl)cc1Cl)c1ccc(F)cc1. The first kappa shape index (κ1) is 15.8. The van der Waals surface area contributed by atoms with Gasteiger partial charge in [0.2, 0.25) is 0 Å². The lowest BCUT2D eigenvalue weighted by Crippen LogP contribution is -2.04. The number of carbonyl (C=O) groups is 1. The van der Waals surface area contributed by atoms with E-state index in [1.807, 2.05) is 0 Å². The van der Waals surface area contributed by atoms with E-state index >= 15 is 0 Å². The zero-order valence-corrected chi connectivity index (χ0v) is 12.6. The quantitative estimate of drug-likeness (QED) is 0.540. The molecule has 0 aliphatic heterocycles. The minimum atomic E-state index is -0.354. The van der Waals surface area contributed by atoms with Crippen molar-refractivity contribution in [1.82, 2.24) is 0 Å². The third-order valence-corrected chi connectivity index (χ3v) is 3.40. The predicted molar refractivity (Wildman–Crippen MR) is 81.9 cm³/mol. The number of ketones is 1. The maximum atomic E-state index is 12.8. The van der Waals surface area contributed by atoms with Gasteiger partial charge in [-0.1, -0.05) is 23.2 Å². The second kappa shape index (κ2) is 7.43. The van der Waals surface area contributed by atoms with E-state index in [2.05, 4.69) is 0 Å². The Morgan fingerprint density at radius 1 is 1.10 bits per heavy atom. The second-order valence-corrected chi connectivity index (χ2v) is 5.30. The molecule has 0 aliphatic rings. The molecule has 0 unspecified atom stereocenters. The molecule has 110 valence electrons. The number of benzene rings is 2. The maximum absolute atomic E-state index is 12.8. The van der Waals surface area contributed by atoms with Crippen LogP contribution >= 0.6 is 23.2 Å². The van der Waals surface area contributed by atoms with E-state index in [1.165, 1.54) is 24.3 Å². The number of rotatable bonds is 6. The summed E-state index contributed by atoms with van der Waals surface area (Å²) in [6, 6.07) is 10.5. The summed E-state index contributed by atoms with van der Waals surface area (Å²) in [6.45, 7) is 0.369. The van der Waals surface area contributed by atoms with Crippen LogP contribution in [0.15, 0.2) is 42.5 Å². The summed E-state index contributed by atoms with van der Waals surface area (Å²) < 4.78 is 18.3. The van der Waals surface area contributed by atoms with E-state index < -0.39 is 0 Å². The van der Waals surface area contributed by atoms with Gasteiger partial charge in [-0.15, -0.1) is 0 Å². The van der Waals surface area contributed by atoms with Gasteiger partial charge in [-0.2, -0.15) is 0 Å². The minimum absolute atomic E-state index is 0.0409. The van der Waals surface area contributed by atoms with Crippen molar-refractivity contribution >= 4 is 29.0 Å². The molecule has 0 bridgehead atoms. The molecule has 0 amide bonds. The molecular formula is C16H13Cl2FO2. The predicted octanol–water partition coefficient (Wildman–Crippen LogP) is 5.17. The minimum Gasteiger partial charge on any atom is -0.492 e. The normalized spacial score (nSPS) is 10.4. The molecule has 0 fully saturated rings. The molecule has 2 aromatic rings. The zero-order valence-electron chi connectivity index (χ0n) is 11.1. The molecule has 0 atom stereocenters. The van der Waals surface area contributed by atoms with Gasteiger partial charge in [0.05, 0.1) is 11.6 Å². The van der Waals surface area contributed by atoms with Crippen molar-refractivity contribution in [3.05, 3.63) is 63.9 Å². The van der Waals surface area contributed by atoms with Crippen LogP contribution in [-0.2, 0) is 0 Å². The van der Waals surface area contributed by atoms with E-state index in [9.17, 15) is 9.18 Å². The largest absolute Gasteiger partial charge is 0.492 e. The first-order valence-electron chi connectivity index (χ1n) is 6.43. The van der Waals surface area contributed by atoms with Crippen LogP contribution in [0, 0.1) is 5.82 Å². The average Bonchev–Trinajstić information content (AvgIpc) is 2.46. The second-order valence-electron chi connectivity index (χ2n) is 4.46. The number of Topliss-reactive ketones (excluding diaryl/α,β-unsaturated/α-hetero) is 1. The fraction of sp³-hybridized carbons (Fsp3) is 0.188. The Kier molecular flexibility index (Phi) is 5.59. The molecule has 5 heteroatoms. The highest BCUT2D eigenvalue weighted by Crippen LogP contribution is 2.27. The standard InChI is InChI=1S/C16H13Cl2FO2/c17-12-5-8-16(14(18)10-12)21-9-1-2-15(20)11-3-6-13(19)7-4-11/h3-8,10H,1-2,9H2. The highest BCUT2D eigenvalue weighted by atomic mass is 35.5. The molecule has 21 heavy (non-hydrogen) atoms. The average molecular weight is 327 g/mol. The van der Waals surface area contributed by atoms with Crippen LogP contribution < -0.4 is 4.74 Å². The van der Waals surface area contributed by atoms with Crippen molar-refractivity contribution in [2.24, 2.45) is 0 Å². The molecule has 2 aromatic carbocycles. The molecular weight excluding hydrogens is 314 g/mol. The van der Waals surface area contributed by atoms with Crippen LogP contribution in [0.1, 0.15) is 23.2 Å². The number of ether oxygens (including phenoxy) is 1. The van der Waals surface area contributed by atoms with Crippen LogP contribution in [0.2, 0.25) is 10.0 Å². The summed E-state index contributed by atoms with van der Waals surface area (Å²) in [5.41, 5.74) is 0.501. The van der Waals surface area contributed by atoms with Crippen molar-refractivity contribution < 1.29 is 13.9 Å². The molecule has 0 saturated heterocycles. The number of carbonyl (C=O) groups excluding carboxylic acids is 1. The van der Waals surface area contributed by atoms with Gasteiger partial charge in [-0.3, -0.25) is 4.79 Å². The molecule has 0 N–H and O–H groups in total. The number of hydrogen-bond donors (Lipinski definition) is 0. The highest BCUT2D eigenvalue weighted by Gasteiger charge is 2.07. The Morgan fingerprint density at radius 2 is 1.81 bits per heavy atom. The Hall–Kier alpha value is -1.58. The summed E-state index contributed by atoms with van der Waals surface area (Å²) in [4.78, 5) is 11.9. The van der Waals surface area contributed by atoms with Crippen molar-refractivity contribution in [3.8, 4) is 5.75 Å². The Morgan fingerprint density at radius 3 is 2.48 bits per heavy atom. The molecule has 0 aromatic heterocycles. The third-order valence-electron chi connectivity index (χ3n) is 2.87. The monoisotopic (exact) mass is 326 g/mol. The molecule has 0 spiro atoms. The van der Waals surface area contributed by atoms with Crippen LogP contribution in [0.5, 0.6) is 5.75 Å². The van der Waals surface area contributed by atoms with E-state index in [1.54, 1.807) is 18.2 Å². The highest BCUT2D eigenvalue weighted by molar-refractivity contribution is 6.35. The number of halogens is 3. The summed E-state index contributed by atoms with van der Waals surface area (Å²) in [5.74, 6) is 0.142. The fourth-order valence-electron chi connectivity index (χ4n) is 1.79. The van der Waals surface area contributed by atoms with Gasteiger partial charge in [0.1, 0.15) is 11.6 Å². The topological polar surface area (TPSA) is 26.3 Å². The van der Waals surface area contributed by atoms with Crippen LogP contribution in [0.4, 0.5) is 4.39 Å². The van der Waals surface area contributed by atoms with Crippen molar-refractivity contribution in [2.45, 2.75) is 12.8 Å². The molecule has 0 aliphatic carbocycles. The van der Waals surface area contributed by atoms with Crippen LogP contribution in [-0.4, -0.2) is 12.4 Å². The molecule has 0 heterocycles.